The van der Waals surface area contributed by atoms with E-state index in [1.807, 2.05) is 58.0 Å². The summed E-state index contributed by atoms with van der Waals surface area (Å²) in [4.78, 5) is 14.6. The van der Waals surface area contributed by atoms with Crippen LogP contribution in [0.25, 0.3) is 0 Å². The Morgan fingerprint density at radius 2 is 1.67 bits per heavy atom. The third-order valence-corrected chi connectivity index (χ3v) is 9.94. The van der Waals surface area contributed by atoms with E-state index in [9.17, 15) is 10.1 Å². The molecule has 30 heavy (non-hydrogen) atoms. The van der Waals surface area contributed by atoms with Gasteiger partial charge in [0.05, 0.1) is 6.26 Å². The lowest BCUT2D eigenvalue weighted by Crippen LogP contribution is -2.47. The molecule has 0 aliphatic heterocycles. The van der Waals surface area contributed by atoms with Crippen LogP contribution in [0.15, 0.2) is 42.7 Å². The molecule has 0 N–H and O–H groups in total. The van der Waals surface area contributed by atoms with Gasteiger partial charge in [-0.15, -0.1) is 0 Å². The molecule has 1 rings (SSSR count). The smallest absolute Gasteiger partial charge is 0.412 e. The maximum absolute atomic E-state index is 13.0. The summed E-state index contributed by atoms with van der Waals surface area (Å²) >= 11 is 0. The van der Waals surface area contributed by atoms with Gasteiger partial charge in [-0.25, -0.2) is 4.79 Å². The molecule has 1 unspecified atom stereocenters. The molecule has 1 amide bonds. The average Bonchev–Trinajstić information content (AvgIpc) is 2.60. The summed E-state index contributed by atoms with van der Waals surface area (Å²) in [6.45, 7) is 18.5. The number of nitriles is 1. The van der Waals surface area contributed by atoms with Crippen molar-refractivity contribution in [2.75, 3.05) is 0 Å². The molecule has 6 heteroatoms. The number of ether oxygens (including phenoxy) is 1. The number of rotatable bonds is 8. The van der Waals surface area contributed by atoms with Crippen LogP contribution in [0.1, 0.15) is 54.0 Å². The number of carbonyl (C=O) groups is 1. The Morgan fingerprint density at radius 3 is 2.10 bits per heavy atom. The number of benzene rings is 1. The third kappa shape index (κ3) is 6.91. The van der Waals surface area contributed by atoms with Gasteiger partial charge in [0.1, 0.15) is 6.07 Å². The maximum atomic E-state index is 13.0. The Kier molecular flexibility index (Phi) is 8.73. The summed E-state index contributed by atoms with van der Waals surface area (Å²) in [6, 6.07) is 11.7. The molecule has 0 bridgehead atoms. The van der Waals surface area contributed by atoms with Gasteiger partial charge < -0.3 is 14.1 Å². The van der Waals surface area contributed by atoms with E-state index in [0.717, 1.165) is 5.56 Å². The fourth-order valence-corrected chi connectivity index (χ4v) is 3.61. The number of amides is 1. The van der Waals surface area contributed by atoms with Gasteiger partial charge in [-0.05, 0) is 51.4 Å². The summed E-state index contributed by atoms with van der Waals surface area (Å²) in [7, 11) is -2.05. The van der Waals surface area contributed by atoms with E-state index in [0.29, 0.717) is 0 Å². The SMILES string of the molecule is CC(C)N(C(=O)OC(C#N)(/C=C/O[Si](C)(C)C(C)(C)C)Cc1ccccc1)C(C)C. The van der Waals surface area contributed by atoms with Gasteiger partial charge in [0.15, 0.2) is 0 Å². The summed E-state index contributed by atoms with van der Waals surface area (Å²) in [5, 5.41) is 10.1. The highest BCUT2D eigenvalue weighted by atomic mass is 28.4. The van der Waals surface area contributed by atoms with Crippen LogP contribution < -0.4 is 0 Å². The average molecular weight is 431 g/mol. The second kappa shape index (κ2) is 10.2. The van der Waals surface area contributed by atoms with Crippen molar-refractivity contribution in [1.82, 2.24) is 4.90 Å². The summed E-state index contributed by atoms with van der Waals surface area (Å²) in [5.41, 5.74) is -0.549. The fourth-order valence-electron chi connectivity index (χ4n) is 2.84. The van der Waals surface area contributed by atoms with E-state index in [2.05, 4.69) is 39.9 Å². The largest absolute Gasteiger partial charge is 0.549 e. The molecule has 0 aliphatic carbocycles. The zero-order valence-corrected chi connectivity index (χ0v) is 21.0. The maximum Gasteiger partial charge on any atom is 0.412 e. The Labute approximate surface area is 183 Å². The van der Waals surface area contributed by atoms with E-state index in [1.165, 1.54) is 0 Å². The minimum Gasteiger partial charge on any atom is -0.549 e. The molecule has 0 saturated heterocycles. The zero-order chi connectivity index (χ0) is 23.2. The highest BCUT2D eigenvalue weighted by Crippen LogP contribution is 2.37. The van der Waals surface area contributed by atoms with Crippen molar-refractivity contribution in [3.05, 3.63) is 48.2 Å². The topological polar surface area (TPSA) is 62.6 Å². The van der Waals surface area contributed by atoms with E-state index in [1.54, 1.807) is 17.2 Å². The number of carbonyl (C=O) groups excluding carboxylic acids is 1. The van der Waals surface area contributed by atoms with Crippen molar-refractivity contribution < 1.29 is 14.0 Å². The molecule has 5 nitrogen and oxygen atoms in total. The van der Waals surface area contributed by atoms with Crippen molar-refractivity contribution in [3.63, 3.8) is 0 Å². The molecule has 0 spiro atoms. The predicted octanol–water partition coefficient (Wildman–Crippen LogP) is 6.28. The van der Waals surface area contributed by atoms with Crippen LogP contribution in [0, 0.1) is 11.3 Å². The summed E-state index contributed by atoms with van der Waals surface area (Å²) < 4.78 is 12.0. The summed E-state index contributed by atoms with van der Waals surface area (Å²) in [6.07, 6.45) is 2.90. The van der Waals surface area contributed by atoms with Crippen LogP contribution in [-0.2, 0) is 15.6 Å². The normalized spacial score (nSPS) is 14.5. The van der Waals surface area contributed by atoms with Crippen LogP contribution >= 0.6 is 0 Å². The molecule has 0 aliphatic rings. The number of nitrogens with zero attached hydrogens (tertiary/aromatic N) is 2. The molecule has 0 heterocycles. The van der Waals surface area contributed by atoms with Crippen LogP contribution in [0.5, 0.6) is 0 Å². The number of hydrogen-bond acceptors (Lipinski definition) is 4. The lowest BCUT2D eigenvalue weighted by molar-refractivity contribution is 0.0337. The predicted molar refractivity (Wildman–Crippen MR) is 125 cm³/mol. The van der Waals surface area contributed by atoms with E-state index in [-0.39, 0.29) is 23.5 Å². The quantitative estimate of drug-likeness (QED) is 0.359. The molecule has 0 radical (unpaired) electrons. The Morgan fingerprint density at radius 1 is 1.13 bits per heavy atom. The molecule has 166 valence electrons. The molecule has 0 aromatic heterocycles. The zero-order valence-electron chi connectivity index (χ0n) is 20.0. The Hall–Kier alpha value is -2.26. The Balaban J connectivity index is 3.26. The molecular weight excluding hydrogens is 392 g/mol. The van der Waals surface area contributed by atoms with Crippen molar-refractivity contribution in [3.8, 4) is 6.07 Å². The molecule has 1 atom stereocenters. The van der Waals surface area contributed by atoms with Gasteiger partial charge in [-0.3, -0.25) is 0 Å². The van der Waals surface area contributed by atoms with E-state index in [4.69, 9.17) is 9.16 Å². The van der Waals surface area contributed by atoms with Crippen molar-refractivity contribution >= 4 is 14.4 Å². The van der Waals surface area contributed by atoms with Gasteiger partial charge >= 0.3 is 6.09 Å². The first kappa shape index (κ1) is 25.8. The van der Waals surface area contributed by atoms with E-state index >= 15 is 0 Å². The Bertz CT molecular complexity index is 753. The minimum atomic E-state index is -2.05. The fraction of sp³-hybridized carbons (Fsp3) is 0.583. The molecule has 1 aromatic rings. The standard InChI is InChI=1S/C24H38N2O3Si/c1-19(2)26(20(3)4)22(27)29-24(18-25,17-21-13-11-10-12-14-21)15-16-28-30(8,9)23(5,6)7/h10-16,19-20H,17H2,1-9H3/b16-15+. The lowest BCUT2D eigenvalue weighted by Gasteiger charge is -2.36. The van der Waals surface area contributed by atoms with Crippen LogP contribution in [-0.4, -0.2) is 37.0 Å². The summed E-state index contributed by atoms with van der Waals surface area (Å²) in [5.74, 6) is 0. The molecule has 0 saturated carbocycles. The van der Waals surface area contributed by atoms with Crippen molar-refractivity contribution in [1.29, 1.82) is 5.26 Å². The van der Waals surface area contributed by atoms with Gasteiger partial charge in [-0.2, -0.15) is 5.26 Å². The molecular formula is C24H38N2O3Si. The lowest BCUT2D eigenvalue weighted by atomic mass is 9.95. The van der Waals surface area contributed by atoms with Crippen molar-refractivity contribution in [2.45, 2.75) is 90.7 Å². The second-order valence-electron chi connectivity index (χ2n) is 9.81. The number of hydrogen-bond donors (Lipinski definition) is 0. The first-order valence-electron chi connectivity index (χ1n) is 10.6. The third-order valence-electron chi connectivity index (χ3n) is 5.60. The van der Waals surface area contributed by atoms with E-state index < -0.39 is 20.0 Å². The monoisotopic (exact) mass is 430 g/mol. The van der Waals surface area contributed by atoms with Crippen LogP contribution in [0.4, 0.5) is 4.79 Å². The molecule has 0 fully saturated rings. The highest BCUT2D eigenvalue weighted by Gasteiger charge is 2.39. The molecule has 1 aromatic carbocycles. The first-order chi connectivity index (χ1) is 13.7. The first-order valence-corrected chi connectivity index (χ1v) is 13.5. The van der Waals surface area contributed by atoms with Gasteiger partial charge in [0.2, 0.25) is 13.9 Å². The van der Waals surface area contributed by atoms with Crippen LogP contribution in [0.3, 0.4) is 0 Å². The minimum absolute atomic E-state index is 0.0227. The van der Waals surface area contributed by atoms with Gasteiger partial charge in [0.25, 0.3) is 0 Å². The van der Waals surface area contributed by atoms with Gasteiger partial charge in [-0.1, -0.05) is 51.1 Å². The highest BCUT2D eigenvalue weighted by molar-refractivity contribution is 6.74. The van der Waals surface area contributed by atoms with Crippen LogP contribution in [0.2, 0.25) is 18.1 Å². The second-order valence-corrected chi connectivity index (χ2v) is 14.6. The van der Waals surface area contributed by atoms with Gasteiger partial charge in [0, 0.05) is 24.6 Å². The van der Waals surface area contributed by atoms with Crippen molar-refractivity contribution in [2.24, 2.45) is 0 Å².